The Morgan fingerprint density at radius 3 is 2.69 bits per heavy atom. The molecule has 1 aromatic heterocycles. The molecule has 1 aromatic rings. The summed E-state index contributed by atoms with van der Waals surface area (Å²) < 4.78 is 0. The molecular weight excluding hydrogens is 230 g/mol. The van der Waals surface area contributed by atoms with Crippen LogP contribution in [0.5, 0.6) is 0 Å². The van der Waals surface area contributed by atoms with Gasteiger partial charge in [0.25, 0.3) is 0 Å². The maximum absolute atomic E-state index is 5.93. The van der Waals surface area contributed by atoms with Crippen LogP contribution in [0.15, 0.2) is 12.3 Å². The minimum atomic E-state index is 0.535. The van der Waals surface area contributed by atoms with Gasteiger partial charge >= 0.3 is 0 Å². The molecule has 0 radical (unpaired) electrons. The maximum atomic E-state index is 5.93. The predicted molar refractivity (Wildman–Crippen MR) is 58.2 cm³/mol. The van der Waals surface area contributed by atoms with Crippen molar-refractivity contribution in [3.8, 4) is 0 Å². The van der Waals surface area contributed by atoms with Gasteiger partial charge in [0.05, 0.1) is 10.0 Å². The van der Waals surface area contributed by atoms with Crippen molar-refractivity contribution in [2.24, 2.45) is 0 Å². The molecule has 0 aliphatic rings. The Balaban J connectivity index is 2.88. The van der Waals surface area contributed by atoms with E-state index in [1.165, 1.54) is 0 Å². The average molecular weight is 240 g/mol. The molecule has 0 unspecified atom stereocenters. The molecule has 0 amide bonds. The quantitative estimate of drug-likeness (QED) is 0.754. The third-order valence-corrected chi connectivity index (χ3v) is 2.22. The minimum absolute atomic E-state index is 0.535. The number of anilines is 1. The molecule has 0 fully saturated rings. The van der Waals surface area contributed by atoms with E-state index >= 15 is 0 Å². The number of aromatic nitrogens is 1. The zero-order chi connectivity index (χ0) is 9.84. The fourth-order valence-electron chi connectivity index (χ4n) is 0.921. The summed E-state index contributed by atoms with van der Waals surface area (Å²) in [6.07, 6.45) is 1.56. The summed E-state index contributed by atoms with van der Waals surface area (Å²) in [5.74, 6) is 1.24. The van der Waals surface area contributed by atoms with Gasteiger partial charge in [-0.05, 0) is 6.07 Å². The van der Waals surface area contributed by atoms with Crippen molar-refractivity contribution in [1.29, 1.82) is 0 Å². The smallest absolute Gasteiger partial charge is 0.147 e. The topological polar surface area (TPSA) is 16.1 Å². The van der Waals surface area contributed by atoms with Crippen LogP contribution in [0.2, 0.25) is 10.0 Å². The van der Waals surface area contributed by atoms with E-state index < -0.39 is 0 Å². The largest absolute Gasteiger partial charge is 0.357 e. The van der Waals surface area contributed by atoms with E-state index in [9.17, 15) is 0 Å². The second kappa shape index (κ2) is 4.89. The number of nitrogens with zero attached hydrogens (tertiary/aromatic N) is 2. The highest BCUT2D eigenvalue weighted by atomic mass is 35.5. The van der Waals surface area contributed by atoms with Crippen LogP contribution in [0.4, 0.5) is 5.82 Å². The van der Waals surface area contributed by atoms with Gasteiger partial charge in [-0.15, -0.1) is 11.6 Å². The first-order valence-electron chi connectivity index (χ1n) is 3.73. The van der Waals surface area contributed by atoms with E-state index in [4.69, 9.17) is 34.8 Å². The molecule has 0 saturated carbocycles. The second-order valence-corrected chi connectivity index (χ2v) is 3.79. The van der Waals surface area contributed by atoms with E-state index in [-0.39, 0.29) is 0 Å². The molecular formula is C8H9Cl3N2. The Bertz CT molecular complexity index is 291. The van der Waals surface area contributed by atoms with Crippen LogP contribution in [0, 0.1) is 0 Å². The first-order chi connectivity index (χ1) is 6.15. The van der Waals surface area contributed by atoms with Crippen LogP contribution in [0.25, 0.3) is 0 Å². The number of rotatable bonds is 3. The Morgan fingerprint density at radius 2 is 2.15 bits per heavy atom. The van der Waals surface area contributed by atoms with Crippen molar-refractivity contribution in [3.63, 3.8) is 0 Å². The predicted octanol–water partition coefficient (Wildman–Crippen LogP) is 3.06. The molecule has 1 rings (SSSR count). The Morgan fingerprint density at radius 1 is 1.46 bits per heavy atom. The summed E-state index contributed by atoms with van der Waals surface area (Å²) in [5, 5.41) is 1.08. The summed E-state index contributed by atoms with van der Waals surface area (Å²) >= 11 is 17.2. The van der Waals surface area contributed by atoms with Gasteiger partial charge in [-0.25, -0.2) is 4.98 Å². The molecule has 5 heteroatoms. The van der Waals surface area contributed by atoms with Gasteiger partial charge in [-0.1, -0.05) is 23.2 Å². The molecule has 72 valence electrons. The molecule has 0 saturated heterocycles. The lowest BCUT2D eigenvalue weighted by atomic mass is 10.4. The maximum Gasteiger partial charge on any atom is 0.147 e. The van der Waals surface area contributed by atoms with Crippen molar-refractivity contribution >= 4 is 40.6 Å². The summed E-state index contributed by atoms with van der Waals surface area (Å²) in [7, 11) is 1.88. The van der Waals surface area contributed by atoms with Crippen molar-refractivity contribution in [2.75, 3.05) is 24.4 Å². The summed E-state index contributed by atoms with van der Waals surface area (Å²) in [5.41, 5.74) is 0. The average Bonchev–Trinajstić information content (AvgIpc) is 2.04. The van der Waals surface area contributed by atoms with E-state index in [2.05, 4.69) is 4.98 Å². The van der Waals surface area contributed by atoms with Crippen molar-refractivity contribution in [2.45, 2.75) is 0 Å². The Labute approximate surface area is 92.4 Å². The van der Waals surface area contributed by atoms with Crippen molar-refractivity contribution < 1.29 is 0 Å². The molecule has 0 aromatic carbocycles. The molecule has 2 nitrogen and oxygen atoms in total. The van der Waals surface area contributed by atoms with Crippen LogP contribution < -0.4 is 4.90 Å². The molecule has 0 atom stereocenters. The van der Waals surface area contributed by atoms with Gasteiger partial charge < -0.3 is 4.90 Å². The highest BCUT2D eigenvalue weighted by molar-refractivity contribution is 6.36. The van der Waals surface area contributed by atoms with Gasteiger partial charge in [0.2, 0.25) is 0 Å². The lowest BCUT2D eigenvalue weighted by molar-refractivity contribution is 0.943. The summed E-state index contributed by atoms with van der Waals surface area (Å²) in [6, 6.07) is 1.66. The molecule has 0 bridgehead atoms. The number of hydrogen-bond acceptors (Lipinski definition) is 2. The Kier molecular flexibility index (Phi) is 4.10. The van der Waals surface area contributed by atoms with E-state index in [1.54, 1.807) is 12.3 Å². The standard InChI is InChI=1S/C8H9Cl3N2/c1-13(3-2-9)8-7(11)4-6(10)5-12-8/h4-5H,2-3H2,1H3. The number of halogens is 3. The summed E-state index contributed by atoms with van der Waals surface area (Å²) in [4.78, 5) is 5.98. The SMILES string of the molecule is CN(CCCl)c1ncc(Cl)cc1Cl. The fourth-order valence-corrected chi connectivity index (χ4v) is 1.70. The molecule has 1 heterocycles. The van der Waals surface area contributed by atoms with Crippen LogP contribution in [-0.2, 0) is 0 Å². The monoisotopic (exact) mass is 238 g/mol. The van der Waals surface area contributed by atoms with E-state index in [0.717, 1.165) is 0 Å². The van der Waals surface area contributed by atoms with Crippen LogP contribution in [-0.4, -0.2) is 24.5 Å². The highest BCUT2D eigenvalue weighted by Crippen LogP contribution is 2.24. The van der Waals surface area contributed by atoms with Gasteiger partial charge in [0, 0.05) is 25.7 Å². The third kappa shape index (κ3) is 2.90. The fraction of sp³-hybridized carbons (Fsp3) is 0.375. The lowest BCUT2D eigenvalue weighted by Crippen LogP contribution is -2.20. The lowest BCUT2D eigenvalue weighted by Gasteiger charge is -2.17. The third-order valence-electron chi connectivity index (χ3n) is 1.57. The first kappa shape index (κ1) is 10.9. The van der Waals surface area contributed by atoms with Crippen LogP contribution in [0.3, 0.4) is 0 Å². The van der Waals surface area contributed by atoms with Gasteiger partial charge in [-0.2, -0.15) is 0 Å². The molecule has 0 aliphatic carbocycles. The molecule has 0 spiro atoms. The summed E-state index contributed by atoms with van der Waals surface area (Å²) in [6.45, 7) is 0.704. The Hall–Kier alpha value is -0.180. The van der Waals surface area contributed by atoms with Crippen molar-refractivity contribution in [3.05, 3.63) is 22.3 Å². The molecule has 13 heavy (non-hydrogen) atoms. The number of hydrogen-bond donors (Lipinski definition) is 0. The number of pyridine rings is 1. The molecule has 0 aliphatic heterocycles. The second-order valence-electron chi connectivity index (χ2n) is 2.57. The van der Waals surface area contributed by atoms with Crippen LogP contribution >= 0.6 is 34.8 Å². The van der Waals surface area contributed by atoms with Gasteiger partial charge in [0.15, 0.2) is 0 Å². The zero-order valence-electron chi connectivity index (χ0n) is 7.10. The highest BCUT2D eigenvalue weighted by Gasteiger charge is 2.06. The first-order valence-corrected chi connectivity index (χ1v) is 5.02. The van der Waals surface area contributed by atoms with E-state index in [1.807, 2.05) is 11.9 Å². The van der Waals surface area contributed by atoms with E-state index in [0.29, 0.717) is 28.3 Å². The van der Waals surface area contributed by atoms with Gasteiger partial charge in [-0.3, -0.25) is 0 Å². The normalized spacial score (nSPS) is 10.2. The van der Waals surface area contributed by atoms with Crippen molar-refractivity contribution in [1.82, 2.24) is 4.98 Å². The minimum Gasteiger partial charge on any atom is -0.357 e. The zero-order valence-corrected chi connectivity index (χ0v) is 9.37. The number of alkyl halides is 1. The molecule has 0 N–H and O–H groups in total. The van der Waals surface area contributed by atoms with Crippen LogP contribution in [0.1, 0.15) is 0 Å². The van der Waals surface area contributed by atoms with Gasteiger partial charge in [0.1, 0.15) is 5.82 Å².